The van der Waals surface area contributed by atoms with Crippen molar-refractivity contribution in [1.82, 2.24) is 10.2 Å². The first-order valence-electron chi connectivity index (χ1n) is 8.01. The summed E-state index contributed by atoms with van der Waals surface area (Å²) in [7, 11) is 1.52. The Bertz CT molecular complexity index is 676. The lowest BCUT2D eigenvalue weighted by Crippen LogP contribution is -2.40. The molecule has 1 saturated carbocycles. The second-order valence-electron chi connectivity index (χ2n) is 6.25. The molecule has 0 bridgehead atoms. The van der Waals surface area contributed by atoms with Crippen molar-refractivity contribution in [1.29, 1.82) is 0 Å². The van der Waals surface area contributed by atoms with Crippen LogP contribution in [0.25, 0.3) is 6.08 Å². The van der Waals surface area contributed by atoms with Gasteiger partial charge in [0.15, 0.2) is 11.5 Å². The summed E-state index contributed by atoms with van der Waals surface area (Å²) in [4.78, 5) is 15.6. The Morgan fingerprint density at radius 3 is 3.04 bits per heavy atom. The van der Waals surface area contributed by atoms with Crippen LogP contribution >= 0.6 is 11.8 Å². The maximum Gasteiger partial charge on any atom is 0.262 e. The first-order chi connectivity index (χ1) is 11.2. The number of fused-ring (bicyclic) bond motifs is 3. The summed E-state index contributed by atoms with van der Waals surface area (Å²) in [6.45, 7) is 0. The number of thioether (sulfide) groups is 1. The third-order valence-corrected chi connectivity index (χ3v) is 6.01. The van der Waals surface area contributed by atoms with Gasteiger partial charge in [-0.1, -0.05) is 30.7 Å². The number of carbonyl (C=O) groups is 1. The standard InChI is InChI=1S/C17H20N2O3S/c1-22-14-8-10(6-7-13(14)20)9-15-16(21)19-12-5-3-2-4-11(12)18-17(19)23-15/h6-9,11-12,17-18,20H,2-5H2,1H3. The Morgan fingerprint density at radius 1 is 1.39 bits per heavy atom. The smallest absolute Gasteiger partial charge is 0.262 e. The number of rotatable bonds is 2. The Labute approximate surface area is 139 Å². The molecule has 3 atom stereocenters. The van der Waals surface area contributed by atoms with E-state index in [-0.39, 0.29) is 17.2 Å². The molecule has 0 radical (unpaired) electrons. The van der Waals surface area contributed by atoms with Crippen molar-refractivity contribution in [2.24, 2.45) is 0 Å². The molecule has 1 amide bonds. The minimum Gasteiger partial charge on any atom is -0.504 e. The van der Waals surface area contributed by atoms with Crippen LogP contribution in [-0.4, -0.2) is 40.6 Å². The fraction of sp³-hybridized carbons (Fsp3) is 0.471. The molecule has 3 unspecified atom stereocenters. The fourth-order valence-electron chi connectivity index (χ4n) is 3.75. The van der Waals surface area contributed by atoms with Gasteiger partial charge in [-0.25, -0.2) is 0 Å². The Morgan fingerprint density at radius 2 is 2.22 bits per heavy atom. The molecule has 0 spiro atoms. The maximum atomic E-state index is 12.8. The van der Waals surface area contributed by atoms with Gasteiger partial charge in [-0.3, -0.25) is 10.1 Å². The predicted molar refractivity (Wildman–Crippen MR) is 90.0 cm³/mol. The number of benzene rings is 1. The number of carbonyl (C=O) groups excluding carboxylic acids is 1. The summed E-state index contributed by atoms with van der Waals surface area (Å²) >= 11 is 1.59. The Hall–Kier alpha value is -1.66. The van der Waals surface area contributed by atoms with Crippen molar-refractivity contribution in [2.45, 2.75) is 43.3 Å². The van der Waals surface area contributed by atoms with Crippen molar-refractivity contribution in [3.05, 3.63) is 28.7 Å². The number of phenolic OH excluding ortho intramolecular Hbond substituents is 1. The van der Waals surface area contributed by atoms with Crippen molar-refractivity contribution in [3.63, 3.8) is 0 Å². The minimum absolute atomic E-state index is 0.0702. The van der Waals surface area contributed by atoms with E-state index in [1.54, 1.807) is 30.0 Å². The molecule has 3 fully saturated rings. The summed E-state index contributed by atoms with van der Waals surface area (Å²) in [5.41, 5.74) is 0.928. The largest absolute Gasteiger partial charge is 0.504 e. The molecule has 0 aromatic heterocycles. The highest BCUT2D eigenvalue weighted by molar-refractivity contribution is 8.05. The molecule has 2 saturated heterocycles. The van der Waals surface area contributed by atoms with E-state index < -0.39 is 0 Å². The van der Waals surface area contributed by atoms with Crippen molar-refractivity contribution in [3.8, 4) is 11.5 Å². The highest BCUT2D eigenvalue weighted by atomic mass is 32.2. The normalized spacial score (nSPS) is 31.3. The van der Waals surface area contributed by atoms with E-state index in [1.165, 1.54) is 26.4 Å². The SMILES string of the molecule is COc1cc(C=C2SC3NC4CCCCC4N3C2=O)ccc1O. The molecule has 2 aliphatic heterocycles. The summed E-state index contributed by atoms with van der Waals surface area (Å²) < 4.78 is 5.13. The number of amides is 1. The first-order valence-corrected chi connectivity index (χ1v) is 8.89. The van der Waals surface area contributed by atoms with Gasteiger partial charge in [-0.05, 0) is 36.6 Å². The average molecular weight is 332 g/mol. The molecule has 2 heterocycles. The summed E-state index contributed by atoms with van der Waals surface area (Å²) in [6.07, 6.45) is 6.61. The molecular weight excluding hydrogens is 312 g/mol. The van der Waals surface area contributed by atoms with Gasteiger partial charge in [0.1, 0.15) is 5.50 Å². The van der Waals surface area contributed by atoms with E-state index in [1.807, 2.05) is 11.0 Å². The monoisotopic (exact) mass is 332 g/mol. The van der Waals surface area contributed by atoms with Crippen molar-refractivity contribution >= 4 is 23.7 Å². The van der Waals surface area contributed by atoms with Crippen LogP contribution < -0.4 is 10.1 Å². The predicted octanol–water partition coefficient (Wildman–Crippen LogP) is 2.52. The van der Waals surface area contributed by atoms with Gasteiger partial charge in [-0.15, -0.1) is 0 Å². The number of aromatic hydroxyl groups is 1. The van der Waals surface area contributed by atoms with E-state index in [9.17, 15) is 9.90 Å². The molecule has 122 valence electrons. The van der Waals surface area contributed by atoms with E-state index >= 15 is 0 Å². The van der Waals surface area contributed by atoms with E-state index in [0.717, 1.165) is 16.9 Å². The van der Waals surface area contributed by atoms with Gasteiger partial charge in [-0.2, -0.15) is 0 Å². The van der Waals surface area contributed by atoms with E-state index in [2.05, 4.69) is 5.32 Å². The van der Waals surface area contributed by atoms with Crippen LogP contribution in [0.5, 0.6) is 11.5 Å². The van der Waals surface area contributed by atoms with Crippen LogP contribution in [0.4, 0.5) is 0 Å². The third kappa shape index (κ3) is 2.50. The van der Waals surface area contributed by atoms with Crippen LogP contribution in [0.15, 0.2) is 23.1 Å². The molecule has 2 N–H and O–H groups in total. The van der Waals surface area contributed by atoms with Gasteiger partial charge in [0.05, 0.1) is 12.0 Å². The molecule has 23 heavy (non-hydrogen) atoms. The molecular formula is C17H20N2O3S. The zero-order valence-corrected chi connectivity index (χ0v) is 13.8. The molecule has 1 aliphatic carbocycles. The number of phenols is 1. The molecule has 4 rings (SSSR count). The van der Waals surface area contributed by atoms with Crippen LogP contribution in [0.1, 0.15) is 31.2 Å². The van der Waals surface area contributed by atoms with Gasteiger partial charge in [0.25, 0.3) is 5.91 Å². The zero-order valence-electron chi connectivity index (χ0n) is 13.0. The zero-order chi connectivity index (χ0) is 16.0. The van der Waals surface area contributed by atoms with E-state index in [0.29, 0.717) is 17.8 Å². The molecule has 1 aromatic carbocycles. The average Bonchev–Trinajstić information content (AvgIpc) is 3.06. The van der Waals surface area contributed by atoms with Crippen molar-refractivity contribution < 1.29 is 14.6 Å². The van der Waals surface area contributed by atoms with Crippen molar-refractivity contribution in [2.75, 3.05) is 7.11 Å². The molecule has 5 nitrogen and oxygen atoms in total. The molecule has 3 aliphatic rings. The van der Waals surface area contributed by atoms with Gasteiger partial charge in [0, 0.05) is 12.1 Å². The lowest BCUT2D eigenvalue weighted by Gasteiger charge is -2.29. The van der Waals surface area contributed by atoms with Gasteiger partial charge < -0.3 is 14.7 Å². The minimum atomic E-state index is 0.0702. The highest BCUT2D eigenvalue weighted by Gasteiger charge is 2.49. The number of hydrogen-bond donors (Lipinski definition) is 2. The topological polar surface area (TPSA) is 61.8 Å². The van der Waals surface area contributed by atoms with Gasteiger partial charge in [0.2, 0.25) is 0 Å². The molecule has 6 heteroatoms. The summed E-state index contributed by atoms with van der Waals surface area (Å²) in [5.74, 6) is 0.641. The van der Waals surface area contributed by atoms with E-state index in [4.69, 9.17) is 4.74 Å². The molecule has 1 aromatic rings. The highest BCUT2D eigenvalue weighted by Crippen LogP contribution is 2.43. The fourth-order valence-corrected chi connectivity index (χ4v) is 5.01. The number of hydrogen-bond acceptors (Lipinski definition) is 5. The van der Waals surface area contributed by atoms with Crippen LogP contribution in [0.2, 0.25) is 0 Å². The Kier molecular flexibility index (Phi) is 3.73. The lowest BCUT2D eigenvalue weighted by atomic mass is 9.91. The number of nitrogens with one attached hydrogen (secondary N) is 1. The quantitative estimate of drug-likeness (QED) is 0.815. The second-order valence-corrected chi connectivity index (χ2v) is 7.37. The van der Waals surface area contributed by atoms with Crippen LogP contribution in [0.3, 0.4) is 0 Å². The summed E-state index contributed by atoms with van der Waals surface area (Å²) in [5, 5.41) is 13.3. The van der Waals surface area contributed by atoms with Crippen LogP contribution in [-0.2, 0) is 4.79 Å². The second kappa shape index (κ2) is 5.76. The third-order valence-electron chi connectivity index (χ3n) is 4.88. The first kappa shape index (κ1) is 14.9. The maximum absolute atomic E-state index is 12.8. The number of ether oxygens (including phenoxy) is 1. The van der Waals surface area contributed by atoms with Gasteiger partial charge >= 0.3 is 0 Å². The number of methoxy groups -OCH3 is 1. The Balaban J connectivity index is 1.59. The number of nitrogens with zero attached hydrogens (tertiary/aromatic N) is 1. The summed E-state index contributed by atoms with van der Waals surface area (Å²) in [6, 6.07) is 5.93. The van der Waals surface area contributed by atoms with Crippen LogP contribution in [0, 0.1) is 0 Å². The lowest BCUT2D eigenvalue weighted by molar-refractivity contribution is -0.127.